The van der Waals surface area contributed by atoms with Gasteiger partial charge in [0.1, 0.15) is 11.5 Å². The minimum atomic E-state index is -0.500. The van der Waals surface area contributed by atoms with Gasteiger partial charge in [-0.25, -0.2) is 9.97 Å². The fraction of sp³-hybridized carbons (Fsp3) is 0.118. The molecule has 1 aromatic heterocycles. The molecule has 0 amide bonds. The number of rotatable bonds is 5. The van der Waals surface area contributed by atoms with Gasteiger partial charge >= 0.3 is 0 Å². The number of aromatic nitrogens is 2. The second-order valence-electron chi connectivity index (χ2n) is 5.00. The number of carbonyl (C=O) groups excluding carboxylic acids is 1. The Morgan fingerprint density at radius 1 is 1.04 bits per heavy atom. The van der Waals surface area contributed by atoms with E-state index >= 15 is 0 Å². The Bertz CT molecular complexity index is 885. The van der Waals surface area contributed by atoms with Crippen LogP contribution in [0.25, 0.3) is 11.0 Å². The largest absolute Gasteiger partial charge is 0.483 e. The average Bonchev–Trinajstić information content (AvgIpc) is 2.58. The van der Waals surface area contributed by atoms with Crippen LogP contribution in [0.2, 0.25) is 10.0 Å². The first-order valence-electron chi connectivity index (χ1n) is 7.07. The number of ether oxygens (including phenoxy) is 2. The molecule has 3 aromatic rings. The van der Waals surface area contributed by atoms with Crippen LogP contribution in [-0.2, 0) is 4.79 Å². The molecule has 24 heavy (non-hydrogen) atoms. The molecule has 0 N–H and O–H groups in total. The lowest BCUT2D eigenvalue weighted by molar-refractivity contribution is -0.113. The Kier molecular flexibility index (Phi) is 4.83. The van der Waals surface area contributed by atoms with E-state index in [0.717, 1.165) is 6.29 Å². The summed E-state index contributed by atoms with van der Waals surface area (Å²) in [5.74, 6) is 1.47. The summed E-state index contributed by atoms with van der Waals surface area (Å²) in [6.07, 6.45) is 1.73. The molecule has 7 heteroatoms. The Labute approximate surface area is 148 Å². The molecular formula is C17H12Cl2N2O3. The number of hydrogen-bond acceptors (Lipinski definition) is 5. The zero-order valence-electron chi connectivity index (χ0n) is 12.6. The molecular weight excluding hydrogens is 351 g/mol. The number of benzene rings is 2. The first kappa shape index (κ1) is 16.5. The van der Waals surface area contributed by atoms with Crippen LogP contribution in [0.3, 0.4) is 0 Å². The van der Waals surface area contributed by atoms with Gasteiger partial charge in [0, 0.05) is 0 Å². The van der Waals surface area contributed by atoms with Crippen molar-refractivity contribution in [2.75, 3.05) is 0 Å². The van der Waals surface area contributed by atoms with Gasteiger partial charge in [-0.05, 0) is 43.3 Å². The standard InChI is InChI=1S/C17H12Cl2N2O3/c1-10(9-22)23-11-2-4-12(5-3-11)24-17-8-20-15-6-13(18)14(19)7-16(15)21-17/h2-10H,1H3. The van der Waals surface area contributed by atoms with E-state index in [9.17, 15) is 4.79 Å². The van der Waals surface area contributed by atoms with Gasteiger partial charge in [-0.15, -0.1) is 0 Å². The fourth-order valence-electron chi connectivity index (χ4n) is 1.99. The molecule has 5 nitrogen and oxygen atoms in total. The van der Waals surface area contributed by atoms with E-state index in [1.165, 1.54) is 6.20 Å². The molecule has 0 aliphatic rings. The molecule has 122 valence electrons. The second kappa shape index (κ2) is 7.03. The monoisotopic (exact) mass is 362 g/mol. The molecule has 2 aromatic carbocycles. The van der Waals surface area contributed by atoms with Crippen molar-refractivity contribution >= 4 is 40.5 Å². The lowest BCUT2D eigenvalue weighted by Gasteiger charge is -2.10. The SMILES string of the molecule is CC(C=O)Oc1ccc(Oc2cnc3cc(Cl)c(Cl)cc3n2)cc1. The zero-order chi connectivity index (χ0) is 17.1. The maximum atomic E-state index is 10.6. The molecule has 0 bridgehead atoms. The highest BCUT2D eigenvalue weighted by molar-refractivity contribution is 6.42. The van der Waals surface area contributed by atoms with Crippen LogP contribution in [0.1, 0.15) is 6.92 Å². The summed E-state index contributed by atoms with van der Waals surface area (Å²) in [4.78, 5) is 19.2. The summed E-state index contributed by atoms with van der Waals surface area (Å²) in [6.45, 7) is 1.67. The van der Waals surface area contributed by atoms with Gasteiger partial charge in [0.25, 0.3) is 0 Å². The first-order chi connectivity index (χ1) is 11.5. The Morgan fingerprint density at radius 3 is 2.33 bits per heavy atom. The quantitative estimate of drug-likeness (QED) is 0.615. The highest BCUT2D eigenvalue weighted by atomic mass is 35.5. The fourth-order valence-corrected chi connectivity index (χ4v) is 2.31. The van der Waals surface area contributed by atoms with E-state index in [0.29, 0.717) is 38.5 Å². The summed E-state index contributed by atoms with van der Waals surface area (Å²) in [7, 11) is 0. The Morgan fingerprint density at radius 2 is 1.67 bits per heavy atom. The maximum Gasteiger partial charge on any atom is 0.238 e. The van der Waals surface area contributed by atoms with Gasteiger partial charge in [0.2, 0.25) is 5.88 Å². The molecule has 0 fully saturated rings. The van der Waals surface area contributed by atoms with E-state index in [2.05, 4.69) is 9.97 Å². The number of halogens is 2. The van der Waals surface area contributed by atoms with Crippen LogP contribution >= 0.6 is 23.2 Å². The van der Waals surface area contributed by atoms with Crippen molar-refractivity contribution in [3.8, 4) is 17.4 Å². The smallest absolute Gasteiger partial charge is 0.238 e. The highest BCUT2D eigenvalue weighted by Gasteiger charge is 2.07. The molecule has 0 radical (unpaired) electrons. The summed E-state index contributed by atoms with van der Waals surface area (Å²) in [5, 5.41) is 0.827. The molecule has 1 atom stereocenters. The summed E-state index contributed by atoms with van der Waals surface area (Å²) in [5.41, 5.74) is 1.21. The van der Waals surface area contributed by atoms with Crippen LogP contribution in [0, 0.1) is 0 Å². The maximum absolute atomic E-state index is 10.6. The molecule has 0 saturated carbocycles. The van der Waals surface area contributed by atoms with Crippen molar-refractivity contribution in [2.45, 2.75) is 13.0 Å². The zero-order valence-corrected chi connectivity index (χ0v) is 14.1. The van der Waals surface area contributed by atoms with E-state index in [1.807, 2.05) is 0 Å². The lowest BCUT2D eigenvalue weighted by atomic mass is 10.3. The molecule has 0 spiro atoms. The summed E-state index contributed by atoms with van der Waals surface area (Å²) < 4.78 is 11.0. The van der Waals surface area contributed by atoms with E-state index in [-0.39, 0.29) is 0 Å². The van der Waals surface area contributed by atoms with Crippen LogP contribution < -0.4 is 9.47 Å². The molecule has 0 aliphatic heterocycles. The van der Waals surface area contributed by atoms with E-state index < -0.39 is 6.10 Å². The van der Waals surface area contributed by atoms with Gasteiger partial charge in [-0.3, -0.25) is 4.79 Å². The molecule has 0 aliphatic carbocycles. The van der Waals surface area contributed by atoms with Crippen molar-refractivity contribution in [2.24, 2.45) is 0 Å². The van der Waals surface area contributed by atoms with Gasteiger partial charge in [-0.2, -0.15) is 0 Å². The Hall–Kier alpha value is -2.37. The van der Waals surface area contributed by atoms with Gasteiger partial charge in [-0.1, -0.05) is 23.2 Å². The van der Waals surface area contributed by atoms with E-state index in [4.69, 9.17) is 32.7 Å². The Balaban J connectivity index is 1.79. The lowest BCUT2D eigenvalue weighted by Crippen LogP contribution is -2.12. The van der Waals surface area contributed by atoms with Gasteiger partial charge < -0.3 is 9.47 Å². The number of hydrogen-bond donors (Lipinski definition) is 0. The first-order valence-corrected chi connectivity index (χ1v) is 7.82. The van der Waals surface area contributed by atoms with Crippen LogP contribution in [0.4, 0.5) is 0 Å². The minimum Gasteiger partial charge on any atom is -0.483 e. The van der Waals surface area contributed by atoms with Crippen molar-refractivity contribution in [1.82, 2.24) is 9.97 Å². The third-order valence-corrected chi connectivity index (χ3v) is 3.84. The highest BCUT2D eigenvalue weighted by Crippen LogP contribution is 2.28. The van der Waals surface area contributed by atoms with Crippen molar-refractivity contribution in [3.05, 3.63) is 52.6 Å². The second-order valence-corrected chi connectivity index (χ2v) is 5.81. The number of nitrogens with zero attached hydrogens (tertiary/aromatic N) is 2. The molecule has 1 unspecified atom stereocenters. The number of aldehydes is 1. The topological polar surface area (TPSA) is 61.3 Å². The van der Waals surface area contributed by atoms with Crippen LogP contribution in [0.5, 0.6) is 17.4 Å². The van der Waals surface area contributed by atoms with Gasteiger partial charge in [0.15, 0.2) is 12.4 Å². The summed E-state index contributed by atoms with van der Waals surface area (Å²) in [6, 6.07) is 10.1. The predicted molar refractivity (Wildman–Crippen MR) is 92.2 cm³/mol. The molecule has 3 rings (SSSR count). The molecule has 0 saturated heterocycles. The van der Waals surface area contributed by atoms with Crippen molar-refractivity contribution in [1.29, 1.82) is 0 Å². The number of fused-ring (bicyclic) bond motifs is 1. The molecule has 1 heterocycles. The van der Waals surface area contributed by atoms with Gasteiger partial charge in [0.05, 0.1) is 27.3 Å². The van der Waals surface area contributed by atoms with Crippen LogP contribution in [0.15, 0.2) is 42.6 Å². The third kappa shape index (κ3) is 3.75. The van der Waals surface area contributed by atoms with Crippen molar-refractivity contribution < 1.29 is 14.3 Å². The third-order valence-electron chi connectivity index (χ3n) is 3.12. The van der Waals surface area contributed by atoms with E-state index in [1.54, 1.807) is 43.3 Å². The minimum absolute atomic E-state index is 0.329. The van der Waals surface area contributed by atoms with Crippen LogP contribution in [-0.4, -0.2) is 22.4 Å². The average molecular weight is 363 g/mol. The summed E-state index contributed by atoms with van der Waals surface area (Å²) >= 11 is 11.9. The normalized spacial score (nSPS) is 12.0. The predicted octanol–water partition coefficient (Wildman–Crippen LogP) is 4.70. The number of carbonyl (C=O) groups is 1. The van der Waals surface area contributed by atoms with Crippen molar-refractivity contribution in [3.63, 3.8) is 0 Å².